The summed E-state index contributed by atoms with van der Waals surface area (Å²) in [5.41, 5.74) is 0.717. The molecule has 0 saturated carbocycles. The van der Waals surface area contributed by atoms with Crippen LogP contribution in [0.1, 0.15) is 30.7 Å². The van der Waals surface area contributed by atoms with E-state index in [1.54, 1.807) is 24.3 Å². The Balaban J connectivity index is 2.39. The SMILES string of the molecule is COC(=O)C(c1ccccc1)C1CCCCN1P(=O)(O)O. The van der Waals surface area contributed by atoms with E-state index in [2.05, 4.69) is 0 Å². The summed E-state index contributed by atoms with van der Waals surface area (Å²) in [6, 6.07) is 8.46. The van der Waals surface area contributed by atoms with Gasteiger partial charge in [0.25, 0.3) is 0 Å². The molecule has 0 spiro atoms. The number of methoxy groups -OCH3 is 1. The minimum Gasteiger partial charge on any atom is -0.469 e. The van der Waals surface area contributed by atoms with Gasteiger partial charge in [-0.15, -0.1) is 0 Å². The van der Waals surface area contributed by atoms with Crippen molar-refractivity contribution in [2.75, 3.05) is 13.7 Å². The summed E-state index contributed by atoms with van der Waals surface area (Å²) in [5, 5.41) is 0. The topological polar surface area (TPSA) is 87.1 Å². The van der Waals surface area contributed by atoms with Crippen molar-refractivity contribution in [3.05, 3.63) is 35.9 Å². The molecular weight excluding hydrogens is 293 g/mol. The van der Waals surface area contributed by atoms with Gasteiger partial charge in [0.05, 0.1) is 13.0 Å². The second-order valence-electron chi connectivity index (χ2n) is 5.15. The van der Waals surface area contributed by atoms with Crippen LogP contribution in [0.4, 0.5) is 0 Å². The van der Waals surface area contributed by atoms with Gasteiger partial charge in [-0.05, 0) is 18.4 Å². The first-order valence-electron chi connectivity index (χ1n) is 6.90. The molecule has 0 aromatic heterocycles. The van der Waals surface area contributed by atoms with Gasteiger partial charge in [-0.1, -0.05) is 36.8 Å². The summed E-state index contributed by atoms with van der Waals surface area (Å²) in [7, 11) is -3.10. The second kappa shape index (κ2) is 6.71. The minimum atomic E-state index is -4.40. The van der Waals surface area contributed by atoms with Crippen molar-refractivity contribution < 1.29 is 23.9 Å². The maximum atomic E-state index is 12.2. The van der Waals surface area contributed by atoms with Crippen molar-refractivity contribution >= 4 is 13.7 Å². The lowest BCUT2D eigenvalue weighted by Crippen LogP contribution is -2.43. The summed E-state index contributed by atoms with van der Waals surface area (Å²) in [5.74, 6) is -1.16. The highest BCUT2D eigenvalue weighted by atomic mass is 31.2. The Hall–Kier alpha value is -1.20. The van der Waals surface area contributed by atoms with E-state index in [0.717, 1.165) is 16.7 Å². The van der Waals surface area contributed by atoms with Crippen LogP contribution in [-0.2, 0) is 14.1 Å². The van der Waals surface area contributed by atoms with E-state index < -0.39 is 25.7 Å². The average Bonchev–Trinajstić information content (AvgIpc) is 2.48. The molecule has 0 aliphatic carbocycles. The van der Waals surface area contributed by atoms with Crippen LogP contribution in [0.2, 0.25) is 0 Å². The van der Waals surface area contributed by atoms with Crippen molar-refractivity contribution in [2.24, 2.45) is 0 Å². The zero-order valence-corrected chi connectivity index (χ0v) is 12.8. The predicted molar refractivity (Wildman–Crippen MR) is 77.6 cm³/mol. The Morgan fingerprint density at radius 2 is 2.00 bits per heavy atom. The molecule has 0 amide bonds. The van der Waals surface area contributed by atoms with E-state index in [4.69, 9.17) is 4.74 Å². The molecule has 1 aliphatic heterocycles. The highest BCUT2D eigenvalue weighted by Crippen LogP contribution is 2.48. The number of rotatable bonds is 4. The van der Waals surface area contributed by atoms with E-state index in [1.807, 2.05) is 6.07 Å². The van der Waals surface area contributed by atoms with E-state index >= 15 is 0 Å². The van der Waals surface area contributed by atoms with Crippen LogP contribution in [0.15, 0.2) is 30.3 Å². The molecule has 1 aliphatic rings. The molecule has 2 rings (SSSR count). The van der Waals surface area contributed by atoms with Gasteiger partial charge in [-0.25, -0.2) is 9.24 Å². The van der Waals surface area contributed by atoms with Gasteiger partial charge in [0.1, 0.15) is 0 Å². The number of hydrogen-bond donors (Lipinski definition) is 2. The lowest BCUT2D eigenvalue weighted by atomic mass is 9.86. The molecule has 2 unspecified atom stereocenters. The number of nitrogens with zero attached hydrogens (tertiary/aromatic N) is 1. The van der Waals surface area contributed by atoms with E-state index in [9.17, 15) is 19.1 Å². The fourth-order valence-corrected chi connectivity index (χ4v) is 3.94. The van der Waals surface area contributed by atoms with Gasteiger partial charge in [0, 0.05) is 12.6 Å². The molecule has 116 valence electrons. The highest BCUT2D eigenvalue weighted by molar-refractivity contribution is 7.49. The third kappa shape index (κ3) is 3.71. The molecule has 1 aromatic carbocycles. The van der Waals surface area contributed by atoms with Crippen molar-refractivity contribution in [3.63, 3.8) is 0 Å². The van der Waals surface area contributed by atoms with E-state index in [1.165, 1.54) is 7.11 Å². The van der Waals surface area contributed by atoms with Crippen LogP contribution in [0.5, 0.6) is 0 Å². The smallest absolute Gasteiger partial charge is 0.403 e. The van der Waals surface area contributed by atoms with Crippen LogP contribution in [-0.4, -0.2) is 40.1 Å². The molecule has 0 bridgehead atoms. The van der Waals surface area contributed by atoms with Gasteiger partial charge < -0.3 is 14.5 Å². The van der Waals surface area contributed by atoms with Crippen molar-refractivity contribution in [2.45, 2.75) is 31.2 Å². The lowest BCUT2D eigenvalue weighted by Gasteiger charge is -2.39. The van der Waals surface area contributed by atoms with Crippen molar-refractivity contribution in [3.8, 4) is 0 Å². The number of carbonyl (C=O) groups excluding carboxylic acids is 1. The molecule has 7 heteroatoms. The summed E-state index contributed by atoms with van der Waals surface area (Å²) >= 11 is 0. The average molecular weight is 313 g/mol. The third-order valence-corrected chi connectivity index (χ3v) is 5.02. The van der Waals surface area contributed by atoms with Gasteiger partial charge in [0.2, 0.25) is 0 Å². The summed E-state index contributed by atoms with van der Waals surface area (Å²) in [4.78, 5) is 31.3. The van der Waals surface area contributed by atoms with Gasteiger partial charge in [0.15, 0.2) is 0 Å². The highest BCUT2D eigenvalue weighted by Gasteiger charge is 2.42. The zero-order valence-electron chi connectivity index (χ0n) is 11.9. The van der Waals surface area contributed by atoms with Crippen LogP contribution in [0.25, 0.3) is 0 Å². The largest absolute Gasteiger partial charge is 0.469 e. The molecule has 1 aromatic rings. The quantitative estimate of drug-likeness (QED) is 0.652. The zero-order chi connectivity index (χ0) is 15.5. The monoisotopic (exact) mass is 313 g/mol. The maximum absolute atomic E-state index is 12.2. The molecule has 2 N–H and O–H groups in total. The number of esters is 1. The third-order valence-electron chi connectivity index (χ3n) is 3.85. The Labute approximate surface area is 123 Å². The first-order valence-corrected chi connectivity index (χ1v) is 8.47. The minimum absolute atomic E-state index is 0.287. The Morgan fingerprint density at radius 1 is 1.33 bits per heavy atom. The molecule has 0 radical (unpaired) electrons. The summed E-state index contributed by atoms with van der Waals surface area (Å²) in [6.45, 7) is 0.287. The normalized spacial score (nSPS) is 21.8. The van der Waals surface area contributed by atoms with E-state index in [0.29, 0.717) is 12.8 Å². The summed E-state index contributed by atoms with van der Waals surface area (Å²) < 4.78 is 17.7. The molecule has 1 fully saturated rings. The van der Waals surface area contributed by atoms with Crippen molar-refractivity contribution in [1.82, 2.24) is 4.67 Å². The maximum Gasteiger partial charge on any atom is 0.403 e. The Bertz CT molecular complexity index is 529. The fourth-order valence-electron chi connectivity index (χ4n) is 2.91. The molecule has 2 atom stereocenters. The van der Waals surface area contributed by atoms with Crippen LogP contribution in [0, 0.1) is 0 Å². The molecule has 1 saturated heterocycles. The van der Waals surface area contributed by atoms with Crippen LogP contribution < -0.4 is 0 Å². The van der Waals surface area contributed by atoms with Crippen LogP contribution in [0.3, 0.4) is 0 Å². The Kier molecular flexibility index (Phi) is 5.17. The number of carbonyl (C=O) groups is 1. The standard InChI is InChI=1S/C14H20NO5P/c1-20-14(16)13(11-7-3-2-4-8-11)12-9-5-6-10-15(12)21(17,18)19/h2-4,7-8,12-13H,5-6,9-10H2,1H3,(H2,17,18,19). The van der Waals surface area contributed by atoms with Gasteiger partial charge >= 0.3 is 13.7 Å². The first-order chi connectivity index (χ1) is 9.95. The first kappa shape index (κ1) is 16.2. The molecular formula is C14H20NO5P. The predicted octanol–water partition coefficient (Wildman–Crippen LogP) is 1.89. The fraction of sp³-hybridized carbons (Fsp3) is 0.500. The number of ether oxygens (including phenoxy) is 1. The molecule has 1 heterocycles. The van der Waals surface area contributed by atoms with Crippen LogP contribution >= 0.6 is 7.75 Å². The lowest BCUT2D eigenvalue weighted by molar-refractivity contribution is -0.144. The second-order valence-corrected chi connectivity index (χ2v) is 6.69. The number of piperidine rings is 1. The number of hydrogen-bond acceptors (Lipinski definition) is 3. The van der Waals surface area contributed by atoms with Crippen molar-refractivity contribution in [1.29, 1.82) is 0 Å². The summed E-state index contributed by atoms with van der Waals surface area (Å²) in [6.07, 6.45) is 2.10. The molecule has 21 heavy (non-hydrogen) atoms. The van der Waals surface area contributed by atoms with Gasteiger partial charge in [-0.2, -0.15) is 0 Å². The number of benzene rings is 1. The molecule has 6 nitrogen and oxygen atoms in total. The Morgan fingerprint density at radius 3 is 2.57 bits per heavy atom. The van der Waals surface area contributed by atoms with E-state index in [-0.39, 0.29) is 6.54 Å². The van der Waals surface area contributed by atoms with Gasteiger partial charge in [-0.3, -0.25) is 4.79 Å².